The summed E-state index contributed by atoms with van der Waals surface area (Å²) in [7, 11) is 0. The lowest BCUT2D eigenvalue weighted by Crippen LogP contribution is -2.38. The van der Waals surface area contributed by atoms with Gasteiger partial charge in [0.25, 0.3) is 5.91 Å². The van der Waals surface area contributed by atoms with Crippen molar-refractivity contribution >= 4 is 5.91 Å². The molecule has 4 nitrogen and oxygen atoms in total. The average Bonchev–Trinajstić information content (AvgIpc) is 2.47. The van der Waals surface area contributed by atoms with Gasteiger partial charge in [0.1, 0.15) is 5.75 Å². The fourth-order valence-corrected chi connectivity index (χ4v) is 2.29. The lowest BCUT2D eigenvalue weighted by molar-refractivity contribution is -0.124. The molecule has 1 aliphatic rings. The first-order valence-electron chi connectivity index (χ1n) is 6.70. The van der Waals surface area contributed by atoms with Crippen LogP contribution in [0.25, 0.3) is 0 Å². The molecule has 0 spiro atoms. The van der Waals surface area contributed by atoms with Gasteiger partial charge in [0.15, 0.2) is 6.61 Å². The van der Waals surface area contributed by atoms with E-state index >= 15 is 0 Å². The van der Waals surface area contributed by atoms with Gasteiger partial charge in [-0.3, -0.25) is 4.79 Å². The molecule has 0 aromatic heterocycles. The number of ether oxygens (including phenoxy) is 1. The number of nitriles is 1. The lowest BCUT2D eigenvalue weighted by Gasteiger charge is -2.22. The van der Waals surface area contributed by atoms with Crippen molar-refractivity contribution in [2.24, 2.45) is 0 Å². The Morgan fingerprint density at radius 2 is 1.95 bits per heavy atom. The summed E-state index contributed by atoms with van der Waals surface area (Å²) in [6.45, 7) is 0.0302. The summed E-state index contributed by atoms with van der Waals surface area (Å²) < 4.78 is 5.39. The van der Waals surface area contributed by atoms with E-state index in [1.807, 2.05) is 6.07 Å². The van der Waals surface area contributed by atoms with E-state index in [9.17, 15) is 4.79 Å². The fourth-order valence-electron chi connectivity index (χ4n) is 2.29. The second-order valence-corrected chi connectivity index (χ2v) is 4.83. The van der Waals surface area contributed by atoms with Gasteiger partial charge in [-0.1, -0.05) is 19.3 Å². The van der Waals surface area contributed by atoms with E-state index < -0.39 is 0 Å². The Hall–Kier alpha value is -2.02. The van der Waals surface area contributed by atoms with Crippen molar-refractivity contribution in [1.29, 1.82) is 5.26 Å². The molecule has 0 bridgehead atoms. The number of amides is 1. The molecule has 100 valence electrons. The average molecular weight is 258 g/mol. The summed E-state index contributed by atoms with van der Waals surface area (Å²) in [5.41, 5.74) is 0.582. The maximum atomic E-state index is 11.7. The molecule has 1 aromatic rings. The van der Waals surface area contributed by atoms with Crippen LogP contribution < -0.4 is 10.1 Å². The third-order valence-corrected chi connectivity index (χ3v) is 3.32. The Morgan fingerprint density at radius 3 is 2.58 bits per heavy atom. The Morgan fingerprint density at radius 1 is 1.26 bits per heavy atom. The van der Waals surface area contributed by atoms with E-state index in [2.05, 4.69) is 5.32 Å². The van der Waals surface area contributed by atoms with Gasteiger partial charge in [-0.25, -0.2) is 0 Å². The largest absolute Gasteiger partial charge is 0.484 e. The minimum atomic E-state index is -0.0729. The van der Waals surface area contributed by atoms with Crippen LogP contribution in [0.2, 0.25) is 0 Å². The quantitative estimate of drug-likeness (QED) is 0.902. The molecule has 19 heavy (non-hydrogen) atoms. The predicted octanol–water partition coefficient (Wildman–Crippen LogP) is 2.39. The van der Waals surface area contributed by atoms with E-state index in [1.54, 1.807) is 24.3 Å². The van der Waals surface area contributed by atoms with Gasteiger partial charge in [0.2, 0.25) is 0 Å². The van der Waals surface area contributed by atoms with Crippen molar-refractivity contribution in [3.8, 4) is 11.8 Å². The number of nitrogens with zero attached hydrogens (tertiary/aromatic N) is 1. The van der Waals surface area contributed by atoms with Crippen LogP contribution in [0.5, 0.6) is 5.75 Å². The van der Waals surface area contributed by atoms with Crippen molar-refractivity contribution in [2.45, 2.75) is 38.1 Å². The van der Waals surface area contributed by atoms with Gasteiger partial charge in [-0.2, -0.15) is 5.26 Å². The zero-order valence-electron chi connectivity index (χ0n) is 10.9. The third-order valence-electron chi connectivity index (χ3n) is 3.32. The first kappa shape index (κ1) is 13.4. The van der Waals surface area contributed by atoms with Crippen LogP contribution in [0.4, 0.5) is 0 Å². The first-order valence-corrected chi connectivity index (χ1v) is 6.70. The van der Waals surface area contributed by atoms with Crippen LogP contribution in [-0.2, 0) is 4.79 Å². The van der Waals surface area contributed by atoms with Gasteiger partial charge >= 0.3 is 0 Å². The van der Waals surface area contributed by atoms with E-state index in [0.29, 0.717) is 17.4 Å². The minimum Gasteiger partial charge on any atom is -0.484 e. The summed E-state index contributed by atoms with van der Waals surface area (Å²) in [5, 5.41) is 11.7. The summed E-state index contributed by atoms with van der Waals surface area (Å²) in [6, 6.07) is 9.10. The van der Waals surface area contributed by atoms with Gasteiger partial charge in [-0.15, -0.1) is 0 Å². The van der Waals surface area contributed by atoms with Crippen molar-refractivity contribution in [3.05, 3.63) is 29.8 Å². The van der Waals surface area contributed by atoms with E-state index in [4.69, 9.17) is 10.00 Å². The standard InChI is InChI=1S/C15H18N2O2/c16-10-12-6-8-14(9-7-12)19-11-15(18)17-13-4-2-1-3-5-13/h6-9,13H,1-5,11H2,(H,17,18). The van der Waals surface area contributed by atoms with Crippen LogP contribution in [0.15, 0.2) is 24.3 Å². The monoisotopic (exact) mass is 258 g/mol. The van der Waals surface area contributed by atoms with Gasteiger partial charge in [0.05, 0.1) is 11.6 Å². The molecular weight excluding hydrogens is 240 g/mol. The third kappa shape index (κ3) is 4.29. The van der Waals surface area contributed by atoms with E-state index in [1.165, 1.54) is 19.3 Å². The van der Waals surface area contributed by atoms with Gasteiger partial charge in [-0.05, 0) is 37.1 Å². The highest BCUT2D eigenvalue weighted by atomic mass is 16.5. The molecule has 1 amide bonds. The zero-order valence-corrected chi connectivity index (χ0v) is 10.9. The van der Waals surface area contributed by atoms with E-state index in [0.717, 1.165) is 12.8 Å². The Labute approximate surface area is 113 Å². The molecule has 1 aromatic carbocycles. The molecule has 4 heteroatoms. The van der Waals surface area contributed by atoms with Gasteiger partial charge in [0, 0.05) is 6.04 Å². The number of benzene rings is 1. The molecule has 0 aliphatic heterocycles. The number of carbonyl (C=O) groups excluding carboxylic acids is 1. The number of carbonyl (C=O) groups is 1. The molecular formula is C15H18N2O2. The molecule has 2 rings (SSSR count). The first-order chi connectivity index (χ1) is 9.28. The minimum absolute atomic E-state index is 0.0302. The lowest BCUT2D eigenvalue weighted by atomic mass is 9.95. The second kappa shape index (κ2) is 6.79. The van der Waals surface area contributed by atoms with Crippen molar-refractivity contribution in [3.63, 3.8) is 0 Å². The summed E-state index contributed by atoms with van der Waals surface area (Å²) in [6.07, 6.45) is 5.81. The second-order valence-electron chi connectivity index (χ2n) is 4.83. The summed E-state index contributed by atoms with van der Waals surface area (Å²) >= 11 is 0. The van der Waals surface area contributed by atoms with Crippen LogP contribution in [0.1, 0.15) is 37.7 Å². The molecule has 1 fully saturated rings. The maximum Gasteiger partial charge on any atom is 0.258 e. The zero-order chi connectivity index (χ0) is 13.5. The highest BCUT2D eigenvalue weighted by Gasteiger charge is 2.15. The van der Waals surface area contributed by atoms with Crippen molar-refractivity contribution < 1.29 is 9.53 Å². The summed E-state index contributed by atoms with van der Waals surface area (Å²) in [4.78, 5) is 11.7. The normalized spacial score (nSPS) is 15.5. The molecule has 1 saturated carbocycles. The maximum absolute atomic E-state index is 11.7. The molecule has 0 unspecified atom stereocenters. The molecule has 0 atom stereocenters. The molecule has 0 saturated heterocycles. The predicted molar refractivity (Wildman–Crippen MR) is 71.7 cm³/mol. The SMILES string of the molecule is N#Cc1ccc(OCC(=O)NC2CCCCC2)cc1. The molecule has 0 heterocycles. The van der Waals surface area contributed by atoms with Gasteiger partial charge < -0.3 is 10.1 Å². The smallest absolute Gasteiger partial charge is 0.258 e. The van der Waals surface area contributed by atoms with Crippen LogP contribution in [0, 0.1) is 11.3 Å². The number of nitrogens with one attached hydrogen (secondary N) is 1. The summed E-state index contributed by atoms with van der Waals surface area (Å²) in [5.74, 6) is 0.536. The number of rotatable bonds is 4. The van der Waals surface area contributed by atoms with Crippen LogP contribution >= 0.6 is 0 Å². The highest BCUT2D eigenvalue weighted by Crippen LogP contribution is 2.17. The number of hydrogen-bond donors (Lipinski definition) is 1. The Kier molecular flexibility index (Phi) is 4.79. The van der Waals surface area contributed by atoms with Crippen LogP contribution in [0.3, 0.4) is 0 Å². The van der Waals surface area contributed by atoms with Crippen molar-refractivity contribution in [1.82, 2.24) is 5.32 Å². The Balaban J connectivity index is 1.74. The van der Waals surface area contributed by atoms with Crippen molar-refractivity contribution in [2.75, 3.05) is 6.61 Å². The number of hydrogen-bond acceptors (Lipinski definition) is 3. The molecule has 0 radical (unpaired) electrons. The molecule has 1 N–H and O–H groups in total. The highest BCUT2D eigenvalue weighted by molar-refractivity contribution is 5.77. The molecule has 1 aliphatic carbocycles. The topological polar surface area (TPSA) is 62.1 Å². The van der Waals surface area contributed by atoms with E-state index in [-0.39, 0.29) is 12.5 Å². The Bertz CT molecular complexity index is 456. The van der Waals surface area contributed by atoms with Crippen LogP contribution in [-0.4, -0.2) is 18.6 Å². The fraction of sp³-hybridized carbons (Fsp3) is 0.467.